The summed E-state index contributed by atoms with van der Waals surface area (Å²) < 4.78 is 5.16. The third-order valence-electron chi connectivity index (χ3n) is 4.52. The topological polar surface area (TPSA) is 71.9 Å². The van der Waals surface area contributed by atoms with E-state index in [9.17, 15) is 9.59 Å². The van der Waals surface area contributed by atoms with Gasteiger partial charge in [-0.2, -0.15) is 0 Å². The van der Waals surface area contributed by atoms with Gasteiger partial charge in [-0.1, -0.05) is 50.2 Å². The minimum Gasteiger partial charge on any atom is -0.497 e. The number of methoxy groups -OCH3 is 1. The Morgan fingerprint density at radius 2 is 1.69 bits per heavy atom. The van der Waals surface area contributed by atoms with Crippen LogP contribution in [0.3, 0.4) is 0 Å². The van der Waals surface area contributed by atoms with Crippen LogP contribution in [-0.4, -0.2) is 39.1 Å². The SMILES string of the molecule is COc1cccc(NC(=O)C[NH+](C)CC(=O)N[C@H](CC(C)C)c2ccccc2)c1. The number of ether oxygens (including phenoxy) is 1. The molecule has 0 saturated carbocycles. The molecule has 0 aliphatic carbocycles. The molecular weight excluding hydrogens is 366 g/mol. The van der Waals surface area contributed by atoms with E-state index in [1.165, 1.54) is 0 Å². The first-order chi connectivity index (χ1) is 13.9. The van der Waals surface area contributed by atoms with Gasteiger partial charge in [-0.3, -0.25) is 9.59 Å². The number of hydrogen-bond donors (Lipinski definition) is 3. The van der Waals surface area contributed by atoms with Crippen molar-refractivity contribution < 1.29 is 19.2 Å². The van der Waals surface area contributed by atoms with Gasteiger partial charge in [0.15, 0.2) is 13.1 Å². The molecule has 0 radical (unpaired) electrons. The average molecular weight is 399 g/mol. The minimum atomic E-state index is -0.148. The normalized spacial score (nSPS) is 12.9. The van der Waals surface area contributed by atoms with Gasteiger partial charge in [-0.15, -0.1) is 0 Å². The third kappa shape index (κ3) is 7.95. The van der Waals surface area contributed by atoms with Gasteiger partial charge < -0.3 is 20.3 Å². The zero-order valence-electron chi connectivity index (χ0n) is 17.7. The molecule has 156 valence electrons. The predicted octanol–water partition coefficient (Wildman–Crippen LogP) is 2.05. The zero-order valence-corrected chi connectivity index (χ0v) is 17.7. The summed E-state index contributed by atoms with van der Waals surface area (Å²) in [5.41, 5.74) is 1.77. The number of quaternary nitrogens is 1. The van der Waals surface area contributed by atoms with E-state index in [1.807, 2.05) is 49.5 Å². The lowest BCUT2D eigenvalue weighted by molar-refractivity contribution is -0.862. The molecule has 2 amide bonds. The van der Waals surface area contributed by atoms with E-state index in [1.54, 1.807) is 19.2 Å². The first-order valence-corrected chi connectivity index (χ1v) is 9.97. The van der Waals surface area contributed by atoms with Crippen LogP contribution in [-0.2, 0) is 9.59 Å². The molecule has 0 heterocycles. The highest BCUT2D eigenvalue weighted by Crippen LogP contribution is 2.20. The molecule has 0 aliphatic heterocycles. The molecule has 2 atom stereocenters. The predicted molar refractivity (Wildman–Crippen MR) is 115 cm³/mol. The van der Waals surface area contributed by atoms with Gasteiger partial charge in [-0.05, 0) is 30.0 Å². The summed E-state index contributed by atoms with van der Waals surface area (Å²) in [7, 11) is 3.42. The Kier molecular flexibility index (Phi) is 8.68. The van der Waals surface area contributed by atoms with Crippen molar-refractivity contribution >= 4 is 17.5 Å². The smallest absolute Gasteiger partial charge is 0.279 e. The molecule has 1 unspecified atom stereocenters. The van der Waals surface area contributed by atoms with E-state index >= 15 is 0 Å². The van der Waals surface area contributed by atoms with Crippen molar-refractivity contribution in [2.24, 2.45) is 5.92 Å². The van der Waals surface area contributed by atoms with Crippen molar-refractivity contribution in [1.29, 1.82) is 0 Å². The molecule has 0 spiro atoms. The first kappa shape index (κ1) is 22.4. The number of anilines is 1. The maximum atomic E-state index is 12.6. The molecule has 0 fully saturated rings. The summed E-state index contributed by atoms with van der Waals surface area (Å²) in [5.74, 6) is 0.927. The Bertz CT molecular complexity index is 793. The number of carbonyl (C=O) groups is 2. The lowest BCUT2D eigenvalue weighted by Crippen LogP contribution is -3.11. The van der Waals surface area contributed by atoms with Crippen LogP contribution in [0.15, 0.2) is 54.6 Å². The molecule has 2 aromatic carbocycles. The highest BCUT2D eigenvalue weighted by atomic mass is 16.5. The van der Waals surface area contributed by atoms with Gasteiger partial charge in [0, 0.05) is 11.8 Å². The van der Waals surface area contributed by atoms with Crippen LogP contribution in [0.5, 0.6) is 5.75 Å². The number of rotatable bonds is 10. The lowest BCUT2D eigenvalue weighted by atomic mass is 9.97. The molecule has 0 aliphatic rings. The van der Waals surface area contributed by atoms with E-state index in [-0.39, 0.29) is 30.9 Å². The monoisotopic (exact) mass is 398 g/mol. The highest BCUT2D eigenvalue weighted by molar-refractivity contribution is 5.91. The number of amides is 2. The Labute approximate surface area is 173 Å². The Morgan fingerprint density at radius 1 is 1.00 bits per heavy atom. The van der Waals surface area contributed by atoms with Crippen LogP contribution in [0.2, 0.25) is 0 Å². The zero-order chi connectivity index (χ0) is 21.2. The summed E-state index contributed by atoms with van der Waals surface area (Å²) in [6.07, 6.45) is 0.866. The summed E-state index contributed by atoms with van der Waals surface area (Å²) in [5, 5.41) is 5.97. The van der Waals surface area contributed by atoms with E-state index in [4.69, 9.17) is 4.74 Å². The molecule has 0 bridgehead atoms. The van der Waals surface area contributed by atoms with Crippen LogP contribution < -0.4 is 20.3 Å². The number of carbonyl (C=O) groups excluding carboxylic acids is 2. The molecule has 6 heteroatoms. The van der Waals surface area contributed by atoms with E-state index in [0.717, 1.165) is 16.9 Å². The second-order valence-corrected chi connectivity index (χ2v) is 7.75. The van der Waals surface area contributed by atoms with Gasteiger partial charge in [0.1, 0.15) is 5.75 Å². The summed E-state index contributed by atoms with van der Waals surface area (Å²) in [6, 6.07) is 17.2. The van der Waals surface area contributed by atoms with Crippen LogP contribution >= 0.6 is 0 Å². The summed E-state index contributed by atoms with van der Waals surface area (Å²) in [4.78, 5) is 25.7. The molecule has 0 saturated heterocycles. The van der Waals surface area contributed by atoms with Gasteiger partial charge in [-0.25, -0.2) is 0 Å². The molecular formula is C23H32N3O3+. The van der Waals surface area contributed by atoms with Crippen molar-refractivity contribution in [3.8, 4) is 5.75 Å². The number of benzene rings is 2. The number of hydrogen-bond acceptors (Lipinski definition) is 3. The van der Waals surface area contributed by atoms with Crippen LogP contribution in [0.4, 0.5) is 5.69 Å². The fourth-order valence-corrected chi connectivity index (χ4v) is 3.20. The fraction of sp³-hybridized carbons (Fsp3) is 0.391. The van der Waals surface area contributed by atoms with E-state index in [0.29, 0.717) is 17.4 Å². The second-order valence-electron chi connectivity index (χ2n) is 7.75. The van der Waals surface area contributed by atoms with Gasteiger partial charge in [0.2, 0.25) is 0 Å². The maximum Gasteiger partial charge on any atom is 0.279 e. The van der Waals surface area contributed by atoms with Crippen molar-refractivity contribution in [1.82, 2.24) is 5.32 Å². The molecule has 6 nitrogen and oxygen atoms in total. The lowest BCUT2D eigenvalue weighted by Gasteiger charge is -2.22. The number of likely N-dealkylation sites (N-methyl/N-ethyl adjacent to an activating group) is 1. The van der Waals surface area contributed by atoms with Crippen LogP contribution in [0, 0.1) is 5.92 Å². The van der Waals surface area contributed by atoms with Gasteiger partial charge in [0.25, 0.3) is 11.8 Å². The third-order valence-corrected chi connectivity index (χ3v) is 4.52. The van der Waals surface area contributed by atoms with Crippen molar-refractivity contribution in [2.75, 3.05) is 32.6 Å². The highest BCUT2D eigenvalue weighted by Gasteiger charge is 2.19. The molecule has 0 aromatic heterocycles. The number of nitrogens with one attached hydrogen (secondary N) is 3. The second kappa shape index (κ2) is 11.2. The van der Waals surface area contributed by atoms with E-state index in [2.05, 4.69) is 24.5 Å². The maximum absolute atomic E-state index is 12.6. The standard InChI is InChI=1S/C23H31N3O3/c1-17(2)13-21(18-9-6-5-7-10-18)25-23(28)16-26(3)15-22(27)24-19-11-8-12-20(14-19)29-4/h5-12,14,17,21H,13,15-16H2,1-4H3,(H,24,27)(H,25,28)/p+1/t21-/m1/s1. The molecule has 2 rings (SSSR count). The Hall–Kier alpha value is -2.86. The largest absolute Gasteiger partial charge is 0.497 e. The van der Waals surface area contributed by atoms with Crippen LogP contribution in [0.1, 0.15) is 31.9 Å². The Balaban J connectivity index is 1.87. The van der Waals surface area contributed by atoms with Gasteiger partial charge >= 0.3 is 0 Å². The first-order valence-electron chi connectivity index (χ1n) is 9.97. The minimum absolute atomic E-state index is 0.0258. The van der Waals surface area contributed by atoms with Gasteiger partial charge in [0.05, 0.1) is 20.2 Å². The summed E-state index contributed by atoms with van der Waals surface area (Å²) >= 11 is 0. The molecule has 29 heavy (non-hydrogen) atoms. The molecule has 3 N–H and O–H groups in total. The van der Waals surface area contributed by atoms with Crippen molar-refractivity contribution in [2.45, 2.75) is 26.3 Å². The average Bonchev–Trinajstić information content (AvgIpc) is 2.67. The van der Waals surface area contributed by atoms with Crippen molar-refractivity contribution in [3.63, 3.8) is 0 Å². The molecule has 2 aromatic rings. The Morgan fingerprint density at radius 3 is 2.34 bits per heavy atom. The summed E-state index contributed by atoms with van der Waals surface area (Å²) in [6.45, 7) is 4.71. The van der Waals surface area contributed by atoms with Crippen molar-refractivity contribution in [3.05, 3.63) is 60.2 Å². The van der Waals surface area contributed by atoms with Crippen LogP contribution in [0.25, 0.3) is 0 Å². The quantitative estimate of drug-likeness (QED) is 0.574. The fourth-order valence-electron chi connectivity index (χ4n) is 3.20. The van der Waals surface area contributed by atoms with E-state index < -0.39 is 0 Å².